The molecule has 33 heavy (non-hydrogen) atoms. The maximum atomic E-state index is 14.3. The number of H-pyrrole nitrogens is 1. The van der Waals surface area contributed by atoms with Crippen LogP contribution < -0.4 is 4.90 Å². The summed E-state index contributed by atoms with van der Waals surface area (Å²) < 4.78 is 39.3. The van der Waals surface area contributed by atoms with Crippen molar-refractivity contribution in [2.24, 2.45) is 0 Å². The number of nitrogens with one attached hydrogen (secondary N) is 1. The lowest BCUT2D eigenvalue weighted by Gasteiger charge is -2.34. The molecule has 1 saturated heterocycles. The molecule has 1 aliphatic heterocycles. The first-order chi connectivity index (χ1) is 15.8. The first kappa shape index (κ1) is 21.3. The molecule has 170 valence electrons. The molecule has 0 radical (unpaired) electrons. The number of benzene rings is 1. The lowest BCUT2D eigenvalue weighted by molar-refractivity contribution is 0.387. The number of nitrogens with zero attached hydrogens (tertiary/aromatic N) is 5. The summed E-state index contributed by atoms with van der Waals surface area (Å²) >= 11 is 0. The highest BCUT2D eigenvalue weighted by Crippen LogP contribution is 2.35. The van der Waals surface area contributed by atoms with Crippen molar-refractivity contribution < 1.29 is 17.9 Å². The number of anilines is 1. The van der Waals surface area contributed by atoms with E-state index in [-0.39, 0.29) is 11.3 Å². The molecule has 0 saturated carbocycles. The van der Waals surface area contributed by atoms with E-state index in [0.29, 0.717) is 37.4 Å². The Morgan fingerprint density at radius 1 is 1.00 bits per heavy atom. The van der Waals surface area contributed by atoms with Crippen LogP contribution in [0.15, 0.2) is 48.8 Å². The van der Waals surface area contributed by atoms with Gasteiger partial charge in [-0.25, -0.2) is 18.4 Å². The van der Waals surface area contributed by atoms with Gasteiger partial charge in [0.2, 0.25) is 16.0 Å². The van der Waals surface area contributed by atoms with Crippen LogP contribution in [0.4, 0.5) is 10.2 Å². The molecule has 0 unspecified atom stereocenters. The normalized spacial score (nSPS) is 15.3. The molecule has 1 aliphatic rings. The fraction of sp³-hybridized carbons (Fsp3) is 0.227. The Morgan fingerprint density at radius 2 is 1.76 bits per heavy atom. The summed E-state index contributed by atoms with van der Waals surface area (Å²) in [6.07, 6.45) is 4.12. The summed E-state index contributed by atoms with van der Waals surface area (Å²) in [4.78, 5) is 10.1. The number of hydrogen-bond donors (Lipinski definition) is 2. The number of fused-ring (bicyclic) bond motifs is 1. The van der Waals surface area contributed by atoms with Crippen LogP contribution >= 0.6 is 0 Å². The minimum absolute atomic E-state index is 0.0331. The maximum absolute atomic E-state index is 14.3. The second-order valence-corrected chi connectivity index (χ2v) is 9.86. The summed E-state index contributed by atoms with van der Waals surface area (Å²) in [5.74, 6) is -0.214. The molecule has 4 heterocycles. The third-order valence-electron chi connectivity index (χ3n) is 5.78. The SMILES string of the molecule is CS(=O)(=O)N1CCN(c2cc(-c3n[nH]c4ccc(-c5c(O)ccnc5F)cc34)ccn2)CC1. The largest absolute Gasteiger partial charge is 0.507 e. The maximum Gasteiger partial charge on any atom is 0.224 e. The number of aromatic amines is 1. The van der Waals surface area contributed by atoms with E-state index in [1.54, 1.807) is 24.4 Å². The van der Waals surface area contributed by atoms with Gasteiger partial charge in [-0.15, -0.1) is 0 Å². The molecule has 11 heteroatoms. The van der Waals surface area contributed by atoms with Gasteiger partial charge in [0, 0.05) is 49.5 Å². The van der Waals surface area contributed by atoms with E-state index in [9.17, 15) is 17.9 Å². The van der Waals surface area contributed by atoms with Crippen molar-refractivity contribution >= 4 is 26.7 Å². The predicted molar refractivity (Wildman–Crippen MR) is 123 cm³/mol. The van der Waals surface area contributed by atoms with Gasteiger partial charge in [0.05, 0.1) is 17.3 Å². The Balaban J connectivity index is 1.49. The molecular weight excluding hydrogens is 447 g/mol. The monoisotopic (exact) mass is 468 g/mol. The van der Waals surface area contributed by atoms with Crippen LogP contribution in [0.1, 0.15) is 0 Å². The average molecular weight is 469 g/mol. The minimum Gasteiger partial charge on any atom is -0.507 e. The number of pyridine rings is 2. The highest BCUT2D eigenvalue weighted by molar-refractivity contribution is 7.88. The molecule has 0 spiro atoms. The third kappa shape index (κ3) is 4.00. The van der Waals surface area contributed by atoms with E-state index in [2.05, 4.69) is 20.2 Å². The Kier molecular flexibility index (Phi) is 5.22. The third-order valence-corrected chi connectivity index (χ3v) is 7.09. The van der Waals surface area contributed by atoms with Crippen LogP contribution in [-0.4, -0.2) is 70.4 Å². The molecule has 0 aliphatic carbocycles. The van der Waals surface area contributed by atoms with Crippen LogP contribution in [0.25, 0.3) is 33.3 Å². The van der Waals surface area contributed by atoms with Crippen LogP contribution in [0.3, 0.4) is 0 Å². The van der Waals surface area contributed by atoms with Gasteiger partial charge in [-0.1, -0.05) is 6.07 Å². The van der Waals surface area contributed by atoms with Crippen molar-refractivity contribution in [1.82, 2.24) is 24.5 Å². The van der Waals surface area contributed by atoms with E-state index in [0.717, 1.165) is 22.3 Å². The van der Waals surface area contributed by atoms with Crippen molar-refractivity contribution in [3.05, 3.63) is 54.7 Å². The number of aromatic hydroxyl groups is 1. The Hall–Kier alpha value is -3.57. The summed E-state index contributed by atoms with van der Waals surface area (Å²) in [7, 11) is -3.21. The standard InChI is InChI=1S/C22H21FN6O3S/c1-33(31,32)29-10-8-28(9-11-29)19-13-15(4-6-24-19)21-16-12-14(2-3-17(16)26-27-21)20-18(30)5-7-25-22(20)23/h2-7,12-13H,8-11H2,1H3,(H,25,30)(H,26,27). The summed E-state index contributed by atoms with van der Waals surface area (Å²) in [5, 5.41) is 18.3. The zero-order chi connectivity index (χ0) is 23.2. The fourth-order valence-electron chi connectivity index (χ4n) is 4.07. The Bertz CT molecular complexity index is 1430. The Morgan fingerprint density at radius 3 is 2.48 bits per heavy atom. The summed E-state index contributed by atoms with van der Waals surface area (Å²) in [5.41, 5.74) is 2.75. The van der Waals surface area contributed by atoms with E-state index in [1.165, 1.54) is 22.8 Å². The van der Waals surface area contributed by atoms with Crippen molar-refractivity contribution in [2.45, 2.75) is 0 Å². The van der Waals surface area contributed by atoms with Crippen molar-refractivity contribution in [1.29, 1.82) is 0 Å². The molecule has 4 aromatic rings. The van der Waals surface area contributed by atoms with Gasteiger partial charge in [-0.3, -0.25) is 5.10 Å². The second-order valence-electron chi connectivity index (χ2n) is 7.88. The number of rotatable bonds is 4. The summed E-state index contributed by atoms with van der Waals surface area (Å²) in [6, 6.07) is 10.3. The van der Waals surface area contributed by atoms with Gasteiger partial charge in [0.1, 0.15) is 17.3 Å². The van der Waals surface area contributed by atoms with Crippen LogP contribution in [0.2, 0.25) is 0 Å². The summed E-state index contributed by atoms with van der Waals surface area (Å²) in [6.45, 7) is 1.88. The predicted octanol–water partition coefficient (Wildman–Crippen LogP) is 2.61. The topological polar surface area (TPSA) is 115 Å². The van der Waals surface area contributed by atoms with Gasteiger partial charge < -0.3 is 10.0 Å². The van der Waals surface area contributed by atoms with Gasteiger partial charge in [0.25, 0.3) is 0 Å². The van der Waals surface area contributed by atoms with Crippen molar-refractivity contribution in [2.75, 3.05) is 37.3 Å². The molecule has 9 nitrogen and oxygen atoms in total. The number of sulfonamides is 1. The zero-order valence-electron chi connectivity index (χ0n) is 17.7. The number of halogens is 1. The molecule has 3 aromatic heterocycles. The number of piperazine rings is 1. The number of hydrogen-bond acceptors (Lipinski definition) is 7. The lowest BCUT2D eigenvalue weighted by Crippen LogP contribution is -2.48. The highest BCUT2D eigenvalue weighted by atomic mass is 32.2. The molecule has 1 aromatic carbocycles. The van der Waals surface area contributed by atoms with Crippen LogP contribution in [0.5, 0.6) is 5.75 Å². The Labute approximate surface area is 189 Å². The van der Waals surface area contributed by atoms with Gasteiger partial charge in [0.15, 0.2) is 0 Å². The molecule has 0 amide bonds. The minimum atomic E-state index is -3.21. The molecular formula is C22H21FN6O3S. The molecule has 0 bridgehead atoms. The van der Waals surface area contributed by atoms with E-state index < -0.39 is 16.0 Å². The first-order valence-corrected chi connectivity index (χ1v) is 12.1. The molecule has 0 atom stereocenters. The second kappa shape index (κ2) is 8.09. The van der Waals surface area contributed by atoms with Gasteiger partial charge in [-0.05, 0) is 35.9 Å². The fourth-order valence-corrected chi connectivity index (χ4v) is 4.90. The smallest absolute Gasteiger partial charge is 0.224 e. The van der Waals surface area contributed by atoms with Crippen molar-refractivity contribution in [3.8, 4) is 28.1 Å². The first-order valence-electron chi connectivity index (χ1n) is 10.3. The molecule has 1 fully saturated rings. The highest BCUT2D eigenvalue weighted by Gasteiger charge is 2.24. The van der Waals surface area contributed by atoms with Crippen molar-refractivity contribution in [3.63, 3.8) is 0 Å². The van der Waals surface area contributed by atoms with Crippen LogP contribution in [0, 0.1) is 5.95 Å². The van der Waals surface area contributed by atoms with Gasteiger partial charge >= 0.3 is 0 Å². The van der Waals surface area contributed by atoms with Crippen LogP contribution in [-0.2, 0) is 10.0 Å². The molecule has 5 rings (SSSR count). The lowest BCUT2D eigenvalue weighted by atomic mass is 10.0. The van der Waals surface area contributed by atoms with E-state index in [4.69, 9.17) is 0 Å². The zero-order valence-corrected chi connectivity index (χ0v) is 18.5. The average Bonchev–Trinajstić information content (AvgIpc) is 3.22. The molecule has 2 N–H and O–H groups in total. The van der Waals surface area contributed by atoms with E-state index in [1.807, 2.05) is 17.0 Å². The number of aromatic nitrogens is 4. The van der Waals surface area contributed by atoms with E-state index >= 15 is 0 Å². The van der Waals surface area contributed by atoms with Gasteiger partial charge in [-0.2, -0.15) is 13.8 Å². The quantitative estimate of drug-likeness (QED) is 0.443.